The molecule has 0 aromatic heterocycles. The minimum Gasteiger partial charge on any atom is -0.481 e. The molecule has 0 spiro atoms. The second-order valence-electron chi connectivity index (χ2n) is 5.33. The molecule has 2 N–H and O–H groups in total. The number of nitrogens with one attached hydrogen (secondary N) is 1. The van der Waals surface area contributed by atoms with Crippen LogP contribution in [0.4, 0.5) is 5.69 Å². The van der Waals surface area contributed by atoms with E-state index in [0.29, 0.717) is 5.69 Å². The Morgan fingerprint density at radius 3 is 2.30 bits per heavy atom. The summed E-state index contributed by atoms with van der Waals surface area (Å²) in [7, 11) is 0. The smallest absolute Gasteiger partial charge is 0.307 e. The van der Waals surface area contributed by atoms with Gasteiger partial charge in [0, 0.05) is 10.2 Å². The van der Waals surface area contributed by atoms with Gasteiger partial charge in [-0.2, -0.15) is 0 Å². The largest absolute Gasteiger partial charge is 0.481 e. The fraction of sp³-hybridized carbons (Fsp3) is 0.333. The van der Waals surface area contributed by atoms with Crippen molar-refractivity contribution < 1.29 is 14.7 Å². The van der Waals surface area contributed by atoms with Crippen molar-refractivity contribution in [2.24, 2.45) is 23.7 Å². The van der Waals surface area contributed by atoms with E-state index < -0.39 is 17.8 Å². The summed E-state index contributed by atoms with van der Waals surface area (Å²) in [6, 6.07) is 7.26. The molecule has 20 heavy (non-hydrogen) atoms. The van der Waals surface area contributed by atoms with Gasteiger partial charge in [-0.25, -0.2) is 0 Å². The molecule has 0 heterocycles. The number of hydrogen-bond donors (Lipinski definition) is 2. The Morgan fingerprint density at radius 1 is 1.10 bits per heavy atom. The fourth-order valence-corrected chi connectivity index (χ4v) is 3.54. The predicted octanol–water partition coefficient (Wildman–Crippen LogP) is 2.91. The average molecular weight is 336 g/mol. The van der Waals surface area contributed by atoms with E-state index in [9.17, 15) is 14.7 Å². The fourth-order valence-electron chi connectivity index (χ4n) is 3.28. The van der Waals surface area contributed by atoms with Crippen molar-refractivity contribution in [3.8, 4) is 0 Å². The normalized spacial score (nSPS) is 30.4. The molecule has 3 rings (SSSR count). The molecular weight excluding hydrogens is 322 g/mol. The lowest BCUT2D eigenvalue weighted by atomic mass is 9.82. The molecule has 1 saturated carbocycles. The molecule has 0 aliphatic heterocycles. The standard InChI is InChI=1S/C15H14BrNO3/c16-10-3-5-11(6-4-10)17-14(18)12-8-1-2-9(7-8)13(12)15(19)20/h1-6,8-9,12-13H,7H2,(H,17,18)(H,19,20)/t8-,9+,12-,13+/m1/s1. The van der Waals surface area contributed by atoms with Crippen LogP contribution in [0.1, 0.15) is 6.42 Å². The minimum atomic E-state index is -0.877. The third-order valence-corrected chi connectivity index (χ3v) is 4.69. The van der Waals surface area contributed by atoms with Crippen LogP contribution in [0.2, 0.25) is 0 Å². The van der Waals surface area contributed by atoms with Crippen LogP contribution < -0.4 is 5.32 Å². The molecule has 4 atom stereocenters. The zero-order chi connectivity index (χ0) is 14.3. The number of carboxylic acids is 1. The van der Waals surface area contributed by atoms with Gasteiger partial charge in [-0.3, -0.25) is 9.59 Å². The molecule has 104 valence electrons. The number of carbonyl (C=O) groups is 2. The monoisotopic (exact) mass is 335 g/mol. The van der Waals surface area contributed by atoms with E-state index >= 15 is 0 Å². The first kappa shape index (κ1) is 13.4. The van der Waals surface area contributed by atoms with Gasteiger partial charge >= 0.3 is 5.97 Å². The van der Waals surface area contributed by atoms with Gasteiger partial charge in [0.25, 0.3) is 0 Å². The number of hydrogen-bond acceptors (Lipinski definition) is 2. The van der Waals surface area contributed by atoms with Crippen LogP contribution in [0.15, 0.2) is 40.9 Å². The number of fused-ring (bicyclic) bond motifs is 2. The van der Waals surface area contributed by atoms with E-state index in [1.54, 1.807) is 12.1 Å². The van der Waals surface area contributed by atoms with E-state index in [2.05, 4.69) is 21.2 Å². The highest BCUT2D eigenvalue weighted by Crippen LogP contribution is 2.48. The molecule has 0 unspecified atom stereocenters. The van der Waals surface area contributed by atoms with Gasteiger partial charge in [-0.1, -0.05) is 28.1 Å². The van der Waals surface area contributed by atoms with Gasteiger partial charge in [0.1, 0.15) is 0 Å². The maximum Gasteiger partial charge on any atom is 0.307 e. The Bertz CT molecular complexity index is 581. The summed E-state index contributed by atoms with van der Waals surface area (Å²) in [5.41, 5.74) is 0.689. The van der Waals surface area contributed by atoms with Crippen LogP contribution in [0.25, 0.3) is 0 Å². The number of amides is 1. The number of allylic oxidation sites excluding steroid dienone is 2. The van der Waals surface area contributed by atoms with E-state index in [1.807, 2.05) is 24.3 Å². The Labute approximate surface area is 125 Å². The summed E-state index contributed by atoms with van der Waals surface area (Å²) in [6.07, 6.45) is 4.69. The van der Waals surface area contributed by atoms with Crippen LogP contribution in [-0.4, -0.2) is 17.0 Å². The van der Waals surface area contributed by atoms with Gasteiger partial charge in [0.15, 0.2) is 0 Å². The molecule has 2 bridgehead atoms. The minimum absolute atomic E-state index is 0.00170. The van der Waals surface area contributed by atoms with E-state index in [1.165, 1.54) is 0 Å². The third kappa shape index (κ3) is 2.26. The van der Waals surface area contributed by atoms with Crippen LogP contribution in [0.3, 0.4) is 0 Å². The zero-order valence-corrected chi connectivity index (χ0v) is 12.2. The van der Waals surface area contributed by atoms with Crippen molar-refractivity contribution in [3.05, 3.63) is 40.9 Å². The topological polar surface area (TPSA) is 66.4 Å². The quantitative estimate of drug-likeness (QED) is 0.834. The first-order valence-corrected chi connectivity index (χ1v) is 7.33. The summed E-state index contributed by atoms with van der Waals surface area (Å²) < 4.78 is 0.932. The Balaban J connectivity index is 1.78. The molecule has 1 aromatic rings. The zero-order valence-electron chi connectivity index (χ0n) is 10.6. The van der Waals surface area contributed by atoms with Crippen LogP contribution in [0, 0.1) is 23.7 Å². The SMILES string of the molecule is O=C(O)[C@@H]1[C@H](C(=O)Nc2ccc(Br)cc2)[C@@H]2C=C[C@H]1C2. The molecule has 1 amide bonds. The van der Waals surface area contributed by atoms with Crippen molar-refractivity contribution >= 4 is 33.5 Å². The summed E-state index contributed by atoms with van der Waals surface area (Å²) in [5.74, 6) is -2.09. The van der Waals surface area contributed by atoms with Crippen molar-refractivity contribution in [1.29, 1.82) is 0 Å². The molecule has 5 heteroatoms. The van der Waals surface area contributed by atoms with Crippen molar-refractivity contribution in [1.82, 2.24) is 0 Å². The Morgan fingerprint density at radius 2 is 1.70 bits per heavy atom. The number of carboxylic acid groups (broad SMARTS) is 1. The Hall–Kier alpha value is -1.62. The first-order valence-electron chi connectivity index (χ1n) is 6.54. The summed E-state index contributed by atoms with van der Waals surface area (Å²) >= 11 is 3.33. The van der Waals surface area contributed by atoms with Crippen LogP contribution in [-0.2, 0) is 9.59 Å². The van der Waals surface area contributed by atoms with Crippen LogP contribution in [0.5, 0.6) is 0 Å². The molecule has 2 aliphatic rings. The molecule has 1 aromatic carbocycles. The lowest BCUT2D eigenvalue weighted by Crippen LogP contribution is -2.36. The number of halogens is 1. The van der Waals surface area contributed by atoms with Gasteiger partial charge < -0.3 is 10.4 Å². The first-order chi connectivity index (χ1) is 9.56. The number of carbonyl (C=O) groups excluding carboxylic acids is 1. The maximum atomic E-state index is 12.4. The lowest BCUT2D eigenvalue weighted by molar-refractivity contribution is -0.146. The van der Waals surface area contributed by atoms with E-state index in [0.717, 1.165) is 10.9 Å². The lowest BCUT2D eigenvalue weighted by Gasteiger charge is -2.23. The van der Waals surface area contributed by atoms with E-state index in [4.69, 9.17) is 0 Å². The molecule has 0 radical (unpaired) electrons. The molecule has 4 nitrogen and oxygen atoms in total. The van der Waals surface area contributed by atoms with Gasteiger partial charge in [0.2, 0.25) is 5.91 Å². The molecular formula is C15H14BrNO3. The van der Waals surface area contributed by atoms with Gasteiger partial charge in [-0.15, -0.1) is 0 Å². The van der Waals surface area contributed by atoms with E-state index in [-0.39, 0.29) is 17.7 Å². The highest BCUT2D eigenvalue weighted by Gasteiger charge is 2.51. The second kappa shape index (κ2) is 5.05. The summed E-state index contributed by atoms with van der Waals surface area (Å²) in [5, 5.41) is 12.2. The maximum absolute atomic E-state index is 12.4. The predicted molar refractivity (Wildman–Crippen MR) is 78.1 cm³/mol. The van der Waals surface area contributed by atoms with Gasteiger partial charge in [-0.05, 0) is 42.5 Å². The Kier molecular flexibility index (Phi) is 3.38. The summed E-state index contributed by atoms with van der Waals surface area (Å²) in [4.78, 5) is 23.8. The van der Waals surface area contributed by atoms with Gasteiger partial charge in [0.05, 0.1) is 11.8 Å². The van der Waals surface area contributed by atoms with Crippen LogP contribution >= 0.6 is 15.9 Å². The number of aliphatic carboxylic acids is 1. The van der Waals surface area contributed by atoms with Crippen molar-refractivity contribution in [2.75, 3.05) is 5.32 Å². The molecule has 0 saturated heterocycles. The molecule has 2 aliphatic carbocycles. The van der Waals surface area contributed by atoms with Crippen molar-refractivity contribution in [2.45, 2.75) is 6.42 Å². The van der Waals surface area contributed by atoms with Crippen molar-refractivity contribution in [3.63, 3.8) is 0 Å². The summed E-state index contributed by atoms with van der Waals surface area (Å²) in [6.45, 7) is 0. The number of benzene rings is 1. The average Bonchev–Trinajstić information content (AvgIpc) is 3.01. The highest BCUT2D eigenvalue weighted by molar-refractivity contribution is 9.10. The number of rotatable bonds is 3. The highest BCUT2D eigenvalue weighted by atomic mass is 79.9. The molecule has 1 fully saturated rings. The third-order valence-electron chi connectivity index (χ3n) is 4.16. The number of anilines is 1. The second-order valence-corrected chi connectivity index (χ2v) is 6.25.